The van der Waals surface area contributed by atoms with Gasteiger partial charge in [-0.3, -0.25) is 9.59 Å². The largest absolute Gasteiger partial charge is 0.349 e. The van der Waals surface area contributed by atoms with Gasteiger partial charge in [0, 0.05) is 25.4 Å². The van der Waals surface area contributed by atoms with Crippen LogP contribution >= 0.6 is 0 Å². The van der Waals surface area contributed by atoms with Crippen molar-refractivity contribution in [1.29, 1.82) is 0 Å². The van der Waals surface area contributed by atoms with Crippen molar-refractivity contribution in [2.24, 2.45) is 5.10 Å². The number of nitrogens with zero attached hydrogens (tertiary/aromatic N) is 5. The fourth-order valence-electron chi connectivity index (χ4n) is 3.05. The molecule has 0 aromatic carbocycles. The summed E-state index contributed by atoms with van der Waals surface area (Å²) in [5.74, 6) is 0.655. The van der Waals surface area contributed by atoms with E-state index in [0.29, 0.717) is 36.6 Å². The van der Waals surface area contributed by atoms with Crippen LogP contribution in [-0.2, 0) is 4.79 Å². The molecule has 2 aromatic rings. The van der Waals surface area contributed by atoms with Crippen molar-refractivity contribution in [2.45, 2.75) is 18.9 Å². The molecule has 0 spiro atoms. The second-order valence-corrected chi connectivity index (χ2v) is 5.87. The minimum atomic E-state index is -0.276. The number of hydrogen-bond donors (Lipinski definition) is 2. The summed E-state index contributed by atoms with van der Waals surface area (Å²) in [5.41, 5.74) is 3.83. The number of nitrogens with one attached hydrogen (secondary N) is 2. The topological polar surface area (TPSA) is 104 Å². The Labute approximate surface area is 137 Å². The summed E-state index contributed by atoms with van der Waals surface area (Å²) in [7, 11) is 0. The number of aromatic nitrogens is 3. The third-order valence-electron chi connectivity index (χ3n) is 4.20. The molecule has 9 heteroatoms. The maximum Gasteiger partial charge on any atom is 0.257 e. The average molecular weight is 327 g/mol. The number of carbonyl (C=O) groups excluding carboxylic acids is 2. The van der Waals surface area contributed by atoms with Crippen LogP contribution in [0.2, 0.25) is 0 Å². The van der Waals surface area contributed by atoms with Crippen LogP contribution in [0.3, 0.4) is 0 Å². The lowest BCUT2D eigenvalue weighted by molar-refractivity contribution is -0.120. The fraction of sp³-hybridized carbons (Fsp3) is 0.400. The van der Waals surface area contributed by atoms with E-state index in [-0.39, 0.29) is 17.7 Å². The number of carbonyl (C=O) groups is 2. The Morgan fingerprint density at radius 2 is 2.33 bits per heavy atom. The van der Waals surface area contributed by atoms with Gasteiger partial charge in [-0.05, 0) is 12.5 Å². The van der Waals surface area contributed by atoms with Crippen molar-refractivity contribution in [3.05, 3.63) is 30.2 Å². The van der Waals surface area contributed by atoms with Crippen LogP contribution in [0.5, 0.6) is 0 Å². The predicted octanol–water partition coefficient (Wildman–Crippen LogP) is -0.591. The first-order chi connectivity index (χ1) is 11.7. The first-order valence-corrected chi connectivity index (χ1v) is 7.88. The Hall–Kier alpha value is -2.97. The number of hydrogen-bond acceptors (Lipinski definition) is 7. The molecule has 24 heavy (non-hydrogen) atoms. The molecule has 0 saturated carbocycles. The van der Waals surface area contributed by atoms with Crippen LogP contribution in [0.15, 0.2) is 29.8 Å². The highest BCUT2D eigenvalue weighted by atomic mass is 16.2. The van der Waals surface area contributed by atoms with E-state index in [1.807, 2.05) is 4.90 Å². The van der Waals surface area contributed by atoms with Gasteiger partial charge in [-0.1, -0.05) is 0 Å². The van der Waals surface area contributed by atoms with E-state index in [1.54, 1.807) is 23.0 Å². The number of Topliss-reactive ketones (excluding diaryl/α,β-unsaturated/α-hetero) is 1. The SMILES string of the molecule is O=C1CCCN(C2=NNCC2NC(=O)c2cnn3cccnc23)C1. The second kappa shape index (κ2) is 5.91. The third-order valence-corrected chi connectivity index (χ3v) is 4.20. The van der Waals surface area contributed by atoms with E-state index < -0.39 is 0 Å². The van der Waals surface area contributed by atoms with Gasteiger partial charge in [-0.2, -0.15) is 10.2 Å². The van der Waals surface area contributed by atoms with Crippen LogP contribution in [0.4, 0.5) is 0 Å². The van der Waals surface area contributed by atoms with Crippen molar-refractivity contribution in [2.75, 3.05) is 19.6 Å². The Balaban J connectivity index is 1.51. The molecule has 2 aliphatic rings. The predicted molar refractivity (Wildman–Crippen MR) is 85.5 cm³/mol. The molecule has 2 aliphatic heterocycles. The van der Waals surface area contributed by atoms with E-state index >= 15 is 0 Å². The minimum Gasteiger partial charge on any atom is -0.349 e. The van der Waals surface area contributed by atoms with Crippen LogP contribution in [-0.4, -0.2) is 62.7 Å². The molecular formula is C15H17N7O2. The summed E-state index contributed by atoms with van der Waals surface area (Å²) >= 11 is 0. The molecule has 0 radical (unpaired) electrons. The Morgan fingerprint density at radius 1 is 1.42 bits per heavy atom. The van der Waals surface area contributed by atoms with Gasteiger partial charge < -0.3 is 15.6 Å². The summed E-state index contributed by atoms with van der Waals surface area (Å²) in [5, 5.41) is 11.3. The van der Waals surface area contributed by atoms with Gasteiger partial charge in [-0.25, -0.2) is 9.50 Å². The summed E-state index contributed by atoms with van der Waals surface area (Å²) in [6.45, 7) is 1.63. The first-order valence-electron chi connectivity index (χ1n) is 7.88. The molecule has 1 atom stereocenters. The summed E-state index contributed by atoms with van der Waals surface area (Å²) < 4.78 is 1.56. The van der Waals surface area contributed by atoms with E-state index in [2.05, 4.69) is 25.9 Å². The molecule has 4 rings (SSSR count). The van der Waals surface area contributed by atoms with Crippen LogP contribution < -0.4 is 10.7 Å². The fourth-order valence-corrected chi connectivity index (χ4v) is 3.05. The summed E-state index contributed by atoms with van der Waals surface area (Å²) in [4.78, 5) is 30.4. The van der Waals surface area contributed by atoms with Crippen LogP contribution in [0.1, 0.15) is 23.2 Å². The molecule has 1 amide bonds. The summed E-state index contributed by atoms with van der Waals surface area (Å²) in [6.07, 6.45) is 6.29. The van der Waals surface area contributed by atoms with Gasteiger partial charge in [0.05, 0.1) is 19.3 Å². The van der Waals surface area contributed by atoms with E-state index in [9.17, 15) is 9.59 Å². The smallest absolute Gasteiger partial charge is 0.257 e. The zero-order valence-corrected chi connectivity index (χ0v) is 13.0. The molecule has 2 aromatic heterocycles. The quantitative estimate of drug-likeness (QED) is 0.764. The lowest BCUT2D eigenvalue weighted by Gasteiger charge is -2.30. The van der Waals surface area contributed by atoms with E-state index in [1.165, 1.54) is 6.20 Å². The van der Waals surface area contributed by atoms with Crippen molar-refractivity contribution in [3.63, 3.8) is 0 Å². The summed E-state index contributed by atoms with van der Waals surface area (Å²) in [6, 6.07) is 1.47. The zero-order valence-electron chi connectivity index (χ0n) is 13.0. The molecule has 2 N–H and O–H groups in total. The normalized spacial score (nSPS) is 20.8. The average Bonchev–Trinajstić information content (AvgIpc) is 3.21. The van der Waals surface area contributed by atoms with Crippen LogP contribution in [0, 0.1) is 0 Å². The number of likely N-dealkylation sites (tertiary alicyclic amines) is 1. The molecule has 0 bridgehead atoms. The molecule has 4 heterocycles. The Bertz CT molecular complexity index is 828. The lowest BCUT2D eigenvalue weighted by atomic mass is 10.1. The number of hydrazone groups is 1. The number of amides is 1. The standard InChI is InChI=1S/C15H17N7O2/c23-10-3-1-5-21(9-10)14-12(8-17-20-14)19-15(24)11-7-18-22-6-2-4-16-13(11)22/h2,4,6-7,12,17H,1,3,5,8-9H2,(H,19,24). The van der Waals surface area contributed by atoms with Gasteiger partial charge >= 0.3 is 0 Å². The highest BCUT2D eigenvalue weighted by Gasteiger charge is 2.31. The number of ketones is 1. The first kappa shape index (κ1) is 14.6. The van der Waals surface area contributed by atoms with E-state index in [4.69, 9.17) is 0 Å². The highest BCUT2D eigenvalue weighted by molar-refractivity contribution is 6.03. The van der Waals surface area contributed by atoms with Crippen LogP contribution in [0.25, 0.3) is 5.65 Å². The van der Waals surface area contributed by atoms with Crippen molar-refractivity contribution >= 4 is 23.2 Å². The van der Waals surface area contributed by atoms with Gasteiger partial charge in [0.15, 0.2) is 11.4 Å². The third kappa shape index (κ3) is 2.57. The van der Waals surface area contributed by atoms with Gasteiger partial charge in [0.2, 0.25) is 0 Å². The minimum absolute atomic E-state index is 0.202. The van der Waals surface area contributed by atoms with Gasteiger partial charge in [0.25, 0.3) is 5.91 Å². The van der Waals surface area contributed by atoms with Crippen molar-refractivity contribution < 1.29 is 9.59 Å². The van der Waals surface area contributed by atoms with Crippen molar-refractivity contribution in [1.82, 2.24) is 30.2 Å². The molecule has 9 nitrogen and oxygen atoms in total. The van der Waals surface area contributed by atoms with Gasteiger partial charge in [0.1, 0.15) is 17.4 Å². The molecule has 0 aliphatic carbocycles. The van der Waals surface area contributed by atoms with E-state index in [0.717, 1.165) is 13.0 Å². The Morgan fingerprint density at radius 3 is 3.21 bits per heavy atom. The number of fused-ring (bicyclic) bond motifs is 1. The molecular weight excluding hydrogens is 310 g/mol. The molecule has 1 unspecified atom stereocenters. The Kier molecular flexibility index (Phi) is 3.60. The monoisotopic (exact) mass is 327 g/mol. The molecule has 1 fully saturated rings. The molecule has 124 valence electrons. The van der Waals surface area contributed by atoms with Gasteiger partial charge in [-0.15, -0.1) is 0 Å². The molecule has 1 saturated heterocycles. The lowest BCUT2D eigenvalue weighted by Crippen LogP contribution is -2.51. The second-order valence-electron chi connectivity index (χ2n) is 5.87. The number of amidine groups is 1. The maximum atomic E-state index is 12.6. The number of rotatable bonds is 2. The number of piperidine rings is 1. The highest BCUT2D eigenvalue weighted by Crippen LogP contribution is 2.12. The zero-order chi connectivity index (χ0) is 16.5. The maximum absolute atomic E-state index is 12.6. The van der Waals surface area contributed by atoms with Crippen molar-refractivity contribution in [3.8, 4) is 0 Å².